The first-order valence-electron chi connectivity index (χ1n) is 5.49. The first kappa shape index (κ1) is 13.3. The van der Waals surface area contributed by atoms with Crippen molar-refractivity contribution in [3.05, 3.63) is 29.2 Å². The van der Waals surface area contributed by atoms with Gasteiger partial charge < -0.3 is 5.73 Å². The van der Waals surface area contributed by atoms with Gasteiger partial charge in [0.15, 0.2) is 5.65 Å². The smallest absolute Gasteiger partial charge is 0.370 e. The number of halogens is 3. The average Bonchev–Trinajstić information content (AvgIpc) is 2.72. The van der Waals surface area contributed by atoms with Crippen LogP contribution in [0.15, 0.2) is 12.3 Å². The molecule has 0 aromatic carbocycles. The molecule has 0 unspecified atom stereocenters. The number of hydrogen-bond acceptors (Lipinski definition) is 3. The van der Waals surface area contributed by atoms with Crippen molar-refractivity contribution >= 4 is 11.6 Å². The van der Waals surface area contributed by atoms with Crippen LogP contribution in [0, 0.1) is 6.92 Å². The Balaban J connectivity index is 2.46. The maximum atomic E-state index is 12.7. The summed E-state index contributed by atoms with van der Waals surface area (Å²) in [6.07, 6.45) is -2.80. The summed E-state index contributed by atoms with van der Waals surface area (Å²) in [5.41, 5.74) is 6.47. The number of fused-ring (bicyclic) bond motifs is 1. The Labute approximate surface area is 106 Å². The lowest BCUT2D eigenvalue weighted by molar-refractivity contribution is -0.145. The van der Waals surface area contributed by atoms with Gasteiger partial charge in [0.05, 0.1) is 0 Å². The standard InChI is InChI=1S/C11H11F3N4O/c1-6-7(2-3-8(15)19)4-5-18-9(6)16-17-10(18)11(12,13)14/h4-5H,2-3H2,1H3,(H2,15,19). The number of nitrogens with two attached hydrogens (primary N) is 1. The van der Waals surface area contributed by atoms with Gasteiger partial charge in [0.25, 0.3) is 0 Å². The van der Waals surface area contributed by atoms with E-state index in [2.05, 4.69) is 10.2 Å². The molecule has 0 fully saturated rings. The van der Waals surface area contributed by atoms with Gasteiger partial charge in [-0.05, 0) is 30.5 Å². The van der Waals surface area contributed by atoms with Crippen LogP contribution in [0.2, 0.25) is 0 Å². The number of aromatic nitrogens is 3. The summed E-state index contributed by atoms with van der Waals surface area (Å²) in [4.78, 5) is 10.7. The number of aryl methyl sites for hydroxylation is 2. The van der Waals surface area contributed by atoms with Crippen LogP contribution in [0.3, 0.4) is 0 Å². The SMILES string of the molecule is Cc1c(CCC(N)=O)ccn2c(C(F)(F)F)nnc12. The molecule has 8 heteroatoms. The summed E-state index contributed by atoms with van der Waals surface area (Å²) in [7, 11) is 0. The first-order valence-corrected chi connectivity index (χ1v) is 5.49. The van der Waals surface area contributed by atoms with Gasteiger partial charge in [-0.15, -0.1) is 10.2 Å². The number of rotatable bonds is 3. The number of nitrogens with zero attached hydrogens (tertiary/aromatic N) is 3. The third-order valence-electron chi connectivity index (χ3n) is 2.83. The van der Waals surface area contributed by atoms with Gasteiger partial charge in [-0.25, -0.2) is 0 Å². The molecule has 0 saturated carbocycles. The summed E-state index contributed by atoms with van der Waals surface area (Å²) in [6.45, 7) is 1.64. The summed E-state index contributed by atoms with van der Waals surface area (Å²) < 4.78 is 38.9. The van der Waals surface area contributed by atoms with E-state index in [4.69, 9.17) is 5.73 Å². The van der Waals surface area contributed by atoms with E-state index in [9.17, 15) is 18.0 Å². The molecule has 0 radical (unpaired) electrons. The number of hydrogen-bond donors (Lipinski definition) is 1. The molecule has 1 amide bonds. The van der Waals surface area contributed by atoms with Gasteiger partial charge in [-0.3, -0.25) is 9.20 Å². The molecule has 0 aliphatic heterocycles. The summed E-state index contributed by atoms with van der Waals surface area (Å²) >= 11 is 0. The Kier molecular flexibility index (Phi) is 3.17. The van der Waals surface area contributed by atoms with Gasteiger partial charge >= 0.3 is 6.18 Å². The molecule has 0 aliphatic rings. The molecule has 2 aromatic heterocycles. The van der Waals surface area contributed by atoms with Crippen LogP contribution in [-0.4, -0.2) is 20.5 Å². The van der Waals surface area contributed by atoms with E-state index in [-0.39, 0.29) is 12.1 Å². The molecule has 2 aromatic rings. The molecular formula is C11H11F3N4O. The van der Waals surface area contributed by atoms with E-state index in [0.29, 0.717) is 12.0 Å². The predicted molar refractivity (Wildman–Crippen MR) is 60.2 cm³/mol. The van der Waals surface area contributed by atoms with Gasteiger partial charge in [0.1, 0.15) is 0 Å². The van der Waals surface area contributed by atoms with E-state index in [1.807, 2.05) is 0 Å². The average molecular weight is 272 g/mol. The van der Waals surface area contributed by atoms with E-state index in [1.54, 1.807) is 6.92 Å². The first-order chi connectivity index (χ1) is 8.80. The second-order valence-corrected chi connectivity index (χ2v) is 4.15. The van der Waals surface area contributed by atoms with Crippen LogP contribution in [0.25, 0.3) is 5.65 Å². The quantitative estimate of drug-likeness (QED) is 0.919. The van der Waals surface area contributed by atoms with Crippen LogP contribution in [0.4, 0.5) is 13.2 Å². The zero-order valence-electron chi connectivity index (χ0n) is 10.0. The van der Waals surface area contributed by atoms with E-state index in [1.165, 1.54) is 12.3 Å². The number of carbonyl (C=O) groups excluding carboxylic acids is 1. The molecule has 0 bridgehead atoms. The minimum Gasteiger partial charge on any atom is -0.370 e. The molecule has 5 nitrogen and oxygen atoms in total. The minimum atomic E-state index is -4.55. The molecule has 0 aliphatic carbocycles. The maximum absolute atomic E-state index is 12.7. The zero-order chi connectivity index (χ0) is 14.2. The van der Waals surface area contributed by atoms with Crippen molar-refractivity contribution in [2.75, 3.05) is 0 Å². The van der Waals surface area contributed by atoms with Crippen molar-refractivity contribution in [1.82, 2.24) is 14.6 Å². The van der Waals surface area contributed by atoms with E-state index in [0.717, 1.165) is 9.96 Å². The number of pyridine rings is 1. The van der Waals surface area contributed by atoms with E-state index < -0.39 is 17.9 Å². The van der Waals surface area contributed by atoms with Crippen LogP contribution >= 0.6 is 0 Å². The molecule has 2 heterocycles. The Bertz CT molecular complexity index is 633. The predicted octanol–water partition coefficient (Wildman–Crippen LogP) is 1.47. The summed E-state index contributed by atoms with van der Waals surface area (Å²) in [6, 6.07) is 1.52. The number of primary amides is 1. The van der Waals surface area contributed by atoms with Gasteiger partial charge in [0.2, 0.25) is 11.7 Å². The minimum absolute atomic E-state index is 0.134. The fourth-order valence-corrected chi connectivity index (χ4v) is 1.84. The normalized spacial score (nSPS) is 12.0. The second kappa shape index (κ2) is 4.52. The molecule has 2 rings (SSSR count). The van der Waals surface area contributed by atoms with Crippen molar-refractivity contribution in [1.29, 1.82) is 0 Å². The Morgan fingerprint density at radius 3 is 2.68 bits per heavy atom. The van der Waals surface area contributed by atoms with Crippen molar-refractivity contribution in [3.8, 4) is 0 Å². The van der Waals surface area contributed by atoms with E-state index >= 15 is 0 Å². The van der Waals surface area contributed by atoms with Crippen LogP contribution < -0.4 is 5.73 Å². The molecule has 0 saturated heterocycles. The lowest BCUT2D eigenvalue weighted by Crippen LogP contribution is -2.12. The lowest BCUT2D eigenvalue weighted by atomic mass is 10.1. The highest BCUT2D eigenvalue weighted by atomic mass is 19.4. The Hall–Kier alpha value is -2.12. The van der Waals surface area contributed by atoms with Crippen molar-refractivity contribution in [2.45, 2.75) is 25.9 Å². The van der Waals surface area contributed by atoms with Crippen molar-refractivity contribution in [3.63, 3.8) is 0 Å². The maximum Gasteiger partial charge on any atom is 0.452 e. The number of carbonyl (C=O) groups is 1. The van der Waals surface area contributed by atoms with Gasteiger partial charge in [-0.1, -0.05) is 0 Å². The Morgan fingerprint density at radius 1 is 1.42 bits per heavy atom. The molecule has 102 valence electrons. The lowest BCUT2D eigenvalue weighted by Gasteiger charge is -2.08. The second-order valence-electron chi connectivity index (χ2n) is 4.15. The molecule has 2 N–H and O–H groups in total. The largest absolute Gasteiger partial charge is 0.452 e. The molecule has 0 spiro atoms. The molecular weight excluding hydrogens is 261 g/mol. The van der Waals surface area contributed by atoms with Crippen LogP contribution in [0.1, 0.15) is 23.4 Å². The van der Waals surface area contributed by atoms with Gasteiger partial charge in [-0.2, -0.15) is 13.2 Å². The topological polar surface area (TPSA) is 73.3 Å². The van der Waals surface area contributed by atoms with Gasteiger partial charge in [0, 0.05) is 12.6 Å². The zero-order valence-corrected chi connectivity index (χ0v) is 10.0. The Morgan fingerprint density at radius 2 is 2.11 bits per heavy atom. The summed E-state index contributed by atoms with van der Waals surface area (Å²) in [5.74, 6) is -1.52. The highest BCUT2D eigenvalue weighted by Gasteiger charge is 2.37. The molecule has 0 atom stereocenters. The van der Waals surface area contributed by atoms with Crippen molar-refractivity contribution < 1.29 is 18.0 Å². The van der Waals surface area contributed by atoms with Crippen LogP contribution in [0.5, 0.6) is 0 Å². The third-order valence-corrected chi connectivity index (χ3v) is 2.83. The fourth-order valence-electron chi connectivity index (χ4n) is 1.84. The third kappa shape index (κ3) is 2.51. The number of amides is 1. The molecule has 19 heavy (non-hydrogen) atoms. The monoisotopic (exact) mass is 272 g/mol. The highest BCUT2D eigenvalue weighted by molar-refractivity contribution is 5.74. The van der Waals surface area contributed by atoms with Crippen LogP contribution in [-0.2, 0) is 17.4 Å². The fraction of sp³-hybridized carbons (Fsp3) is 0.364. The van der Waals surface area contributed by atoms with Crippen molar-refractivity contribution in [2.24, 2.45) is 5.73 Å². The summed E-state index contributed by atoms with van der Waals surface area (Å²) in [5, 5.41) is 6.71. The highest BCUT2D eigenvalue weighted by Crippen LogP contribution is 2.29. The number of alkyl halides is 3.